The lowest BCUT2D eigenvalue weighted by Crippen LogP contribution is -2.34. The van der Waals surface area contributed by atoms with Gasteiger partial charge in [0.05, 0.1) is 7.11 Å². The first-order valence-corrected chi connectivity index (χ1v) is 4.42. The molecule has 0 spiro atoms. The Morgan fingerprint density at radius 2 is 1.88 bits per heavy atom. The van der Waals surface area contributed by atoms with E-state index in [1.807, 2.05) is 0 Å². The highest BCUT2D eigenvalue weighted by atomic mass is 19.2. The molecule has 88 valence electrons. The first kappa shape index (κ1) is 12.5. The van der Waals surface area contributed by atoms with Crippen molar-refractivity contribution in [1.29, 1.82) is 0 Å². The Kier molecular flexibility index (Phi) is 3.89. The van der Waals surface area contributed by atoms with E-state index in [4.69, 9.17) is 5.73 Å². The zero-order chi connectivity index (χ0) is 12.3. The van der Waals surface area contributed by atoms with Gasteiger partial charge in [-0.05, 0) is 11.6 Å². The molecule has 1 rings (SSSR count). The monoisotopic (exact) mass is 233 g/mol. The van der Waals surface area contributed by atoms with E-state index in [-0.39, 0.29) is 12.0 Å². The fraction of sp³-hybridized carbons (Fsp3) is 0.300. The number of nitrogens with two attached hydrogens (primary N) is 1. The summed E-state index contributed by atoms with van der Waals surface area (Å²) in [5, 5.41) is 0. The van der Waals surface area contributed by atoms with Crippen LogP contribution < -0.4 is 5.73 Å². The Morgan fingerprint density at radius 3 is 2.44 bits per heavy atom. The van der Waals surface area contributed by atoms with E-state index in [2.05, 4.69) is 4.74 Å². The topological polar surface area (TPSA) is 52.3 Å². The van der Waals surface area contributed by atoms with Crippen molar-refractivity contribution in [2.75, 3.05) is 7.11 Å². The fourth-order valence-corrected chi connectivity index (χ4v) is 1.19. The second-order valence-electron chi connectivity index (χ2n) is 3.19. The lowest BCUT2D eigenvalue weighted by molar-refractivity contribution is -0.142. The van der Waals surface area contributed by atoms with E-state index in [1.54, 1.807) is 0 Å². The first-order valence-electron chi connectivity index (χ1n) is 4.42. The summed E-state index contributed by atoms with van der Waals surface area (Å²) >= 11 is 0. The number of methoxy groups -OCH3 is 1. The maximum atomic E-state index is 13.1. The van der Waals surface area contributed by atoms with Crippen LogP contribution in [0.4, 0.5) is 13.2 Å². The largest absolute Gasteiger partial charge is 0.468 e. The van der Waals surface area contributed by atoms with E-state index in [0.29, 0.717) is 12.1 Å². The predicted molar refractivity (Wildman–Crippen MR) is 50.0 cm³/mol. The average Bonchev–Trinajstić information content (AvgIpc) is 2.24. The highest BCUT2D eigenvalue weighted by molar-refractivity contribution is 5.75. The quantitative estimate of drug-likeness (QED) is 0.629. The highest BCUT2D eigenvalue weighted by Crippen LogP contribution is 2.15. The van der Waals surface area contributed by atoms with Crippen molar-refractivity contribution >= 4 is 5.97 Å². The lowest BCUT2D eigenvalue weighted by Gasteiger charge is -2.10. The van der Waals surface area contributed by atoms with Crippen molar-refractivity contribution in [3.63, 3.8) is 0 Å². The molecule has 0 bridgehead atoms. The number of carbonyl (C=O) groups excluding carboxylic acids is 1. The van der Waals surface area contributed by atoms with Crippen molar-refractivity contribution in [3.8, 4) is 0 Å². The molecule has 6 heteroatoms. The number of hydrogen-bond acceptors (Lipinski definition) is 3. The number of halogens is 3. The van der Waals surface area contributed by atoms with Crippen molar-refractivity contribution in [2.24, 2.45) is 5.73 Å². The summed E-state index contributed by atoms with van der Waals surface area (Å²) in [5.74, 6) is -4.16. The molecule has 0 amide bonds. The van der Waals surface area contributed by atoms with Crippen LogP contribution in [-0.4, -0.2) is 19.1 Å². The number of carbonyl (C=O) groups is 1. The summed E-state index contributed by atoms with van der Waals surface area (Å²) in [6.07, 6.45) is -0.254. The molecule has 0 aliphatic rings. The van der Waals surface area contributed by atoms with E-state index >= 15 is 0 Å². The molecule has 0 radical (unpaired) electrons. The third-order valence-corrected chi connectivity index (χ3v) is 2.03. The smallest absolute Gasteiger partial charge is 0.322 e. The molecule has 1 aromatic rings. The normalized spacial score (nSPS) is 12.3. The molecule has 2 N–H and O–H groups in total. The Morgan fingerprint density at radius 1 is 1.31 bits per heavy atom. The van der Waals surface area contributed by atoms with Gasteiger partial charge in [0, 0.05) is 12.5 Å². The summed E-state index contributed by atoms with van der Waals surface area (Å²) < 4.78 is 42.8. The van der Waals surface area contributed by atoms with Gasteiger partial charge in [0.2, 0.25) is 0 Å². The Labute approximate surface area is 90.0 Å². The molecule has 1 atom stereocenters. The highest BCUT2D eigenvalue weighted by Gasteiger charge is 2.18. The van der Waals surface area contributed by atoms with E-state index in [1.165, 1.54) is 0 Å². The van der Waals surface area contributed by atoms with Gasteiger partial charge in [-0.1, -0.05) is 0 Å². The maximum Gasteiger partial charge on any atom is 0.322 e. The maximum absolute atomic E-state index is 13.1. The van der Waals surface area contributed by atoms with Crippen molar-refractivity contribution in [1.82, 2.24) is 0 Å². The summed E-state index contributed by atoms with van der Waals surface area (Å²) in [6, 6.07) is -0.0216. The second-order valence-corrected chi connectivity index (χ2v) is 3.19. The van der Waals surface area contributed by atoms with Crippen molar-refractivity contribution in [3.05, 3.63) is 35.1 Å². The van der Waals surface area contributed by atoms with Crippen LogP contribution in [0.15, 0.2) is 12.1 Å². The molecule has 0 heterocycles. The van der Waals surface area contributed by atoms with Gasteiger partial charge in [0.15, 0.2) is 11.6 Å². The molecule has 0 aliphatic heterocycles. The van der Waals surface area contributed by atoms with Gasteiger partial charge in [-0.3, -0.25) is 4.79 Å². The second kappa shape index (κ2) is 4.98. The zero-order valence-electron chi connectivity index (χ0n) is 8.47. The number of esters is 1. The lowest BCUT2D eigenvalue weighted by atomic mass is 10.1. The van der Waals surface area contributed by atoms with Crippen molar-refractivity contribution < 1.29 is 22.7 Å². The van der Waals surface area contributed by atoms with Gasteiger partial charge in [0.1, 0.15) is 11.9 Å². The average molecular weight is 233 g/mol. The number of hydrogen-bond donors (Lipinski definition) is 1. The molecular formula is C10H10F3NO2. The molecule has 0 saturated carbocycles. The van der Waals surface area contributed by atoms with E-state index in [0.717, 1.165) is 7.11 Å². The summed E-state index contributed by atoms with van der Waals surface area (Å²) in [6.45, 7) is 0. The Bertz CT molecular complexity index is 409. The Balaban J connectivity index is 2.89. The molecule has 0 saturated heterocycles. The van der Waals surface area contributed by atoms with Crippen LogP contribution in [0.1, 0.15) is 5.56 Å². The molecule has 16 heavy (non-hydrogen) atoms. The van der Waals surface area contributed by atoms with Crippen LogP contribution in [0.2, 0.25) is 0 Å². The minimum absolute atomic E-state index is 0.170. The molecular weight excluding hydrogens is 223 g/mol. The summed E-state index contributed by atoms with van der Waals surface area (Å²) in [5.41, 5.74) is 5.19. The number of rotatable bonds is 3. The van der Waals surface area contributed by atoms with E-state index in [9.17, 15) is 18.0 Å². The van der Waals surface area contributed by atoms with Gasteiger partial charge in [-0.2, -0.15) is 0 Å². The van der Waals surface area contributed by atoms with Gasteiger partial charge >= 0.3 is 5.97 Å². The first-order chi connectivity index (χ1) is 7.45. The zero-order valence-corrected chi connectivity index (χ0v) is 8.47. The number of benzene rings is 1. The molecule has 0 aliphatic carbocycles. The molecule has 3 nitrogen and oxygen atoms in total. The third kappa shape index (κ3) is 2.73. The summed E-state index contributed by atoms with van der Waals surface area (Å²) in [7, 11) is 1.13. The predicted octanol–water partition coefficient (Wildman–Crippen LogP) is 1.15. The van der Waals surface area contributed by atoms with Crippen LogP contribution >= 0.6 is 0 Å². The number of ether oxygens (including phenoxy) is 1. The van der Waals surface area contributed by atoms with Gasteiger partial charge in [-0.25, -0.2) is 13.2 Å². The molecule has 1 aromatic carbocycles. The van der Waals surface area contributed by atoms with Crippen LogP contribution in [0.3, 0.4) is 0 Å². The van der Waals surface area contributed by atoms with Crippen LogP contribution in [-0.2, 0) is 16.0 Å². The van der Waals surface area contributed by atoms with Crippen LogP contribution in [0.25, 0.3) is 0 Å². The van der Waals surface area contributed by atoms with Crippen LogP contribution in [0.5, 0.6) is 0 Å². The van der Waals surface area contributed by atoms with Gasteiger partial charge < -0.3 is 10.5 Å². The third-order valence-electron chi connectivity index (χ3n) is 2.03. The summed E-state index contributed by atoms with van der Waals surface area (Å²) in [4.78, 5) is 10.9. The molecule has 0 fully saturated rings. The van der Waals surface area contributed by atoms with Gasteiger partial charge in [0.25, 0.3) is 0 Å². The van der Waals surface area contributed by atoms with Crippen LogP contribution in [0, 0.1) is 17.5 Å². The minimum atomic E-state index is -1.28. The minimum Gasteiger partial charge on any atom is -0.468 e. The Hall–Kier alpha value is -1.56. The standard InChI is InChI=1S/C10H10F3NO2/c1-16-10(15)9(14)3-5-2-7(12)8(13)4-6(5)11/h2,4,9H,3,14H2,1H3. The van der Waals surface area contributed by atoms with Crippen molar-refractivity contribution in [2.45, 2.75) is 12.5 Å². The fourth-order valence-electron chi connectivity index (χ4n) is 1.19. The van der Waals surface area contributed by atoms with Gasteiger partial charge in [-0.15, -0.1) is 0 Å². The molecule has 0 aromatic heterocycles. The van der Waals surface area contributed by atoms with E-state index < -0.39 is 29.5 Å². The molecule has 1 unspecified atom stereocenters. The SMILES string of the molecule is COC(=O)C(N)Cc1cc(F)c(F)cc1F.